The second-order valence-electron chi connectivity index (χ2n) is 5.73. The molecule has 0 aromatic carbocycles. The van der Waals surface area contributed by atoms with Crippen LogP contribution in [0.4, 0.5) is 0 Å². The summed E-state index contributed by atoms with van der Waals surface area (Å²) in [5.74, 6) is 1.58. The first-order chi connectivity index (χ1) is 7.60. The van der Waals surface area contributed by atoms with Crippen LogP contribution in [0.15, 0.2) is 0 Å². The number of likely N-dealkylation sites (tertiary alicyclic amines) is 1. The first kappa shape index (κ1) is 14.0. The van der Waals surface area contributed by atoms with Crippen molar-refractivity contribution >= 4 is 0 Å². The molecule has 1 fully saturated rings. The third-order valence-electron chi connectivity index (χ3n) is 4.32. The molecule has 1 N–H and O–H groups in total. The molecule has 1 aliphatic heterocycles. The molecule has 2 nitrogen and oxygen atoms in total. The van der Waals surface area contributed by atoms with E-state index in [9.17, 15) is 0 Å². The van der Waals surface area contributed by atoms with Crippen molar-refractivity contribution in [2.24, 2.45) is 11.8 Å². The molecule has 1 rings (SSSR count). The lowest BCUT2D eigenvalue weighted by Gasteiger charge is -2.33. The Bertz CT molecular complexity index is 191. The van der Waals surface area contributed by atoms with Crippen LogP contribution in [0.5, 0.6) is 0 Å². The Morgan fingerprint density at radius 3 is 2.50 bits per heavy atom. The molecule has 0 amide bonds. The van der Waals surface area contributed by atoms with E-state index in [0.717, 1.165) is 17.9 Å². The topological polar surface area (TPSA) is 15.3 Å². The molecule has 1 heterocycles. The predicted molar refractivity (Wildman–Crippen MR) is 71.7 cm³/mol. The first-order valence-electron chi connectivity index (χ1n) is 7.01. The van der Waals surface area contributed by atoms with Crippen molar-refractivity contribution in [3.05, 3.63) is 0 Å². The molecule has 1 saturated heterocycles. The monoisotopic (exact) mass is 226 g/mol. The van der Waals surface area contributed by atoms with Crippen molar-refractivity contribution < 1.29 is 0 Å². The molecule has 96 valence electrons. The highest BCUT2D eigenvalue weighted by Gasteiger charge is 2.29. The summed E-state index contributed by atoms with van der Waals surface area (Å²) in [5, 5.41) is 3.50. The predicted octanol–water partition coefficient (Wildman–Crippen LogP) is 2.74. The SMILES string of the molecule is CCC(C)C(CN1CCCC1C(C)C)NC. The zero-order valence-electron chi connectivity index (χ0n) is 11.8. The molecule has 16 heavy (non-hydrogen) atoms. The van der Waals surface area contributed by atoms with E-state index in [1.807, 2.05) is 0 Å². The van der Waals surface area contributed by atoms with E-state index >= 15 is 0 Å². The Labute approximate surface area is 102 Å². The van der Waals surface area contributed by atoms with Gasteiger partial charge in [-0.3, -0.25) is 4.90 Å². The van der Waals surface area contributed by atoms with Gasteiger partial charge in [0.2, 0.25) is 0 Å². The molecule has 3 unspecified atom stereocenters. The van der Waals surface area contributed by atoms with Crippen LogP contribution < -0.4 is 5.32 Å². The standard InChI is InChI=1S/C14H30N2/c1-6-12(4)13(15-5)10-16-9-7-8-14(16)11(2)3/h11-15H,6-10H2,1-5H3. The van der Waals surface area contributed by atoms with Crippen molar-refractivity contribution in [1.29, 1.82) is 0 Å². The van der Waals surface area contributed by atoms with Crippen LogP contribution in [-0.4, -0.2) is 37.1 Å². The maximum Gasteiger partial charge on any atom is 0.0217 e. The molecule has 0 spiro atoms. The van der Waals surface area contributed by atoms with E-state index in [0.29, 0.717) is 6.04 Å². The van der Waals surface area contributed by atoms with Gasteiger partial charge < -0.3 is 5.32 Å². The second kappa shape index (κ2) is 6.61. The van der Waals surface area contributed by atoms with Crippen molar-refractivity contribution in [1.82, 2.24) is 10.2 Å². The van der Waals surface area contributed by atoms with E-state index < -0.39 is 0 Å². The van der Waals surface area contributed by atoms with Gasteiger partial charge in [0, 0.05) is 18.6 Å². The molecule has 0 aromatic rings. The van der Waals surface area contributed by atoms with Crippen LogP contribution in [0, 0.1) is 11.8 Å². The Hall–Kier alpha value is -0.0800. The molecule has 3 atom stereocenters. The summed E-state index contributed by atoms with van der Waals surface area (Å²) in [6.45, 7) is 11.9. The Morgan fingerprint density at radius 1 is 1.31 bits per heavy atom. The van der Waals surface area contributed by atoms with Crippen molar-refractivity contribution in [2.75, 3.05) is 20.1 Å². The quantitative estimate of drug-likeness (QED) is 0.749. The number of nitrogens with one attached hydrogen (secondary N) is 1. The normalized spacial score (nSPS) is 26.2. The van der Waals surface area contributed by atoms with E-state index in [-0.39, 0.29) is 0 Å². The van der Waals surface area contributed by atoms with Gasteiger partial charge in [-0.2, -0.15) is 0 Å². The molecule has 0 radical (unpaired) electrons. The first-order valence-corrected chi connectivity index (χ1v) is 7.01. The van der Waals surface area contributed by atoms with E-state index in [4.69, 9.17) is 0 Å². The Balaban J connectivity index is 2.50. The van der Waals surface area contributed by atoms with Gasteiger partial charge in [-0.05, 0) is 38.3 Å². The van der Waals surface area contributed by atoms with Crippen LogP contribution in [0.25, 0.3) is 0 Å². The summed E-state index contributed by atoms with van der Waals surface area (Å²) < 4.78 is 0. The Kier molecular flexibility index (Phi) is 5.77. The minimum atomic E-state index is 0.657. The molecule has 1 aliphatic rings. The lowest BCUT2D eigenvalue weighted by Crippen LogP contribution is -2.46. The summed E-state index contributed by atoms with van der Waals surface area (Å²) in [5.41, 5.74) is 0. The van der Waals surface area contributed by atoms with Crippen LogP contribution in [-0.2, 0) is 0 Å². The van der Waals surface area contributed by atoms with Gasteiger partial charge in [0.15, 0.2) is 0 Å². The summed E-state index contributed by atoms with van der Waals surface area (Å²) in [6.07, 6.45) is 4.06. The van der Waals surface area contributed by atoms with Crippen LogP contribution >= 0.6 is 0 Å². The molecule has 2 heteroatoms. The molecule has 0 aliphatic carbocycles. The van der Waals surface area contributed by atoms with Gasteiger partial charge >= 0.3 is 0 Å². The zero-order chi connectivity index (χ0) is 12.1. The lowest BCUT2D eigenvalue weighted by molar-refractivity contribution is 0.170. The summed E-state index contributed by atoms with van der Waals surface area (Å²) in [6, 6.07) is 1.48. The minimum Gasteiger partial charge on any atom is -0.315 e. The highest BCUT2D eigenvalue weighted by atomic mass is 15.2. The number of rotatable bonds is 6. The molecular weight excluding hydrogens is 196 g/mol. The number of hydrogen-bond donors (Lipinski definition) is 1. The second-order valence-corrected chi connectivity index (χ2v) is 5.73. The molecule has 0 bridgehead atoms. The third kappa shape index (κ3) is 3.46. The summed E-state index contributed by atoms with van der Waals surface area (Å²) in [7, 11) is 2.11. The van der Waals surface area contributed by atoms with E-state index in [1.54, 1.807) is 0 Å². The number of nitrogens with zero attached hydrogens (tertiary/aromatic N) is 1. The fourth-order valence-electron chi connectivity index (χ4n) is 2.93. The van der Waals surface area contributed by atoms with Crippen molar-refractivity contribution in [2.45, 2.75) is 59.0 Å². The van der Waals surface area contributed by atoms with Gasteiger partial charge in [-0.15, -0.1) is 0 Å². The average molecular weight is 226 g/mol. The fraction of sp³-hybridized carbons (Fsp3) is 1.00. The summed E-state index contributed by atoms with van der Waals surface area (Å²) in [4.78, 5) is 2.71. The maximum atomic E-state index is 3.50. The van der Waals surface area contributed by atoms with E-state index in [2.05, 4.69) is 45.0 Å². The fourth-order valence-corrected chi connectivity index (χ4v) is 2.93. The summed E-state index contributed by atoms with van der Waals surface area (Å²) >= 11 is 0. The maximum absolute atomic E-state index is 3.50. The molecule has 0 saturated carbocycles. The van der Waals surface area contributed by atoms with Gasteiger partial charge in [0.25, 0.3) is 0 Å². The highest BCUT2D eigenvalue weighted by Crippen LogP contribution is 2.24. The minimum absolute atomic E-state index is 0.657. The van der Waals surface area contributed by atoms with Crippen LogP contribution in [0.2, 0.25) is 0 Å². The van der Waals surface area contributed by atoms with Gasteiger partial charge in [-0.1, -0.05) is 34.1 Å². The lowest BCUT2D eigenvalue weighted by atomic mass is 9.97. The number of hydrogen-bond acceptors (Lipinski definition) is 2. The van der Waals surface area contributed by atoms with Crippen LogP contribution in [0.3, 0.4) is 0 Å². The molecule has 0 aromatic heterocycles. The largest absolute Gasteiger partial charge is 0.315 e. The van der Waals surface area contributed by atoms with Crippen molar-refractivity contribution in [3.63, 3.8) is 0 Å². The highest BCUT2D eigenvalue weighted by molar-refractivity contribution is 4.85. The third-order valence-corrected chi connectivity index (χ3v) is 4.32. The smallest absolute Gasteiger partial charge is 0.0217 e. The van der Waals surface area contributed by atoms with E-state index in [1.165, 1.54) is 32.4 Å². The number of likely N-dealkylation sites (N-methyl/N-ethyl adjacent to an activating group) is 1. The van der Waals surface area contributed by atoms with Gasteiger partial charge in [0.05, 0.1) is 0 Å². The average Bonchev–Trinajstić information content (AvgIpc) is 2.72. The molecular formula is C14H30N2. The van der Waals surface area contributed by atoms with Crippen molar-refractivity contribution in [3.8, 4) is 0 Å². The Morgan fingerprint density at radius 2 is 2.00 bits per heavy atom. The van der Waals surface area contributed by atoms with Gasteiger partial charge in [-0.25, -0.2) is 0 Å². The van der Waals surface area contributed by atoms with Gasteiger partial charge in [0.1, 0.15) is 0 Å². The van der Waals surface area contributed by atoms with Crippen LogP contribution in [0.1, 0.15) is 47.0 Å². The zero-order valence-corrected chi connectivity index (χ0v) is 11.8.